The molecule has 0 radical (unpaired) electrons. The molecule has 0 aliphatic carbocycles. The van der Waals surface area contributed by atoms with E-state index in [1.807, 2.05) is 0 Å². The van der Waals surface area contributed by atoms with Crippen molar-refractivity contribution < 1.29 is 13.9 Å². The van der Waals surface area contributed by atoms with E-state index in [1.165, 1.54) is 10.7 Å². The zero-order valence-corrected chi connectivity index (χ0v) is 15.5. The van der Waals surface area contributed by atoms with E-state index in [1.54, 1.807) is 56.5 Å². The van der Waals surface area contributed by atoms with Crippen molar-refractivity contribution in [1.29, 1.82) is 0 Å². The molecule has 0 bridgehead atoms. The number of nitrogens with one attached hydrogen (secondary N) is 1. The van der Waals surface area contributed by atoms with Gasteiger partial charge in [0.05, 0.1) is 17.9 Å². The number of anilines is 1. The van der Waals surface area contributed by atoms with Crippen LogP contribution in [0.3, 0.4) is 0 Å². The molecule has 0 unspecified atom stereocenters. The highest BCUT2D eigenvalue weighted by molar-refractivity contribution is 8.00. The minimum Gasteiger partial charge on any atom is -0.497 e. The van der Waals surface area contributed by atoms with Crippen LogP contribution in [-0.2, 0) is 4.79 Å². The third-order valence-electron chi connectivity index (χ3n) is 3.79. The molecule has 0 fully saturated rings. The van der Waals surface area contributed by atoms with Crippen molar-refractivity contribution in [3.05, 3.63) is 54.3 Å². The number of hydrogen-bond donors (Lipinski definition) is 2. The third-order valence-corrected chi connectivity index (χ3v) is 4.85. The van der Waals surface area contributed by atoms with Gasteiger partial charge in [-0.1, -0.05) is 23.9 Å². The van der Waals surface area contributed by atoms with Crippen LogP contribution < -0.4 is 15.9 Å². The topological polar surface area (TPSA) is 95.1 Å². The molecule has 7 nitrogen and oxygen atoms in total. The van der Waals surface area contributed by atoms with Crippen molar-refractivity contribution in [1.82, 2.24) is 14.9 Å². The fourth-order valence-electron chi connectivity index (χ4n) is 2.31. The van der Waals surface area contributed by atoms with Gasteiger partial charge in [-0.15, -0.1) is 10.2 Å². The number of carbonyl (C=O) groups excluding carboxylic acids is 1. The number of ether oxygens (including phenoxy) is 1. The molecule has 3 aromatic rings. The fourth-order valence-corrected chi connectivity index (χ4v) is 3.08. The lowest BCUT2D eigenvalue weighted by atomic mass is 10.2. The van der Waals surface area contributed by atoms with E-state index in [-0.39, 0.29) is 17.3 Å². The van der Waals surface area contributed by atoms with Crippen LogP contribution in [0.4, 0.5) is 10.1 Å². The van der Waals surface area contributed by atoms with Crippen molar-refractivity contribution in [3.63, 3.8) is 0 Å². The number of methoxy groups -OCH3 is 1. The summed E-state index contributed by atoms with van der Waals surface area (Å²) in [4.78, 5) is 12.4. The van der Waals surface area contributed by atoms with Crippen LogP contribution in [-0.4, -0.2) is 33.1 Å². The maximum atomic E-state index is 13.9. The van der Waals surface area contributed by atoms with Crippen LogP contribution in [0.1, 0.15) is 6.92 Å². The Balaban J connectivity index is 1.69. The third kappa shape index (κ3) is 4.20. The average molecular weight is 387 g/mol. The first-order valence-electron chi connectivity index (χ1n) is 8.06. The number of halogens is 1. The van der Waals surface area contributed by atoms with Gasteiger partial charge in [0.2, 0.25) is 11.1 Å². The van der Waals surface area contributed by atoms with Crippen molar-refractivity contribution in [2.75, 3.05) is 18.3 Å². The summed E-state index contributed by atoms with van der Waals surface area (Å²) in [6.45, 7) is 1.72. The molecular formula is C18H18FN5O2S. The van der Waals surface area contributed by atoms with E-state index in [4.69, 9.17) is 10.6 Å². The van der Waals surface area contributed by atoms with Gasteiger partial charge in [0.25, 0.3) is 0 Å². The second kappa shape index (κ2) is 8.09. The Kier molecular flexibility index (Phi) is 5.60. The number of nitrogen functional groups attached to an aromatic ring is 1. The molecule has 27 heavy (non-hydrogen) atoms. The largest absolute Gasteiger partial charge is 0.497 e. The van der Waals surface area contributed by atoms with Crippen LogP contribution >= 0.6 is 11.8 Å². The van der Waals surface area contributed by atoms with Crippen LogP contribution in [0.15, 0.2) is 53.7 Å². The van der Waals surface area contributed by atoms with E-state index < -0.39 is 11.1 Å². The van der Waals surface area contributed by atoms with Gasteiger partial charge >= 0.3 is 0 Å². The number of thioether (sulfide) groups is 1. The molecule has 3 N–H and O–H groups in total. The first kappa shape index (κ1) is 18.7. The Hall–Kier alpha value is -3.07. The zero-order valence-electron chi connectivity index (χ0n) is 14.7. The number of carbonyl (C=O) groups is 1. The van der Waals surface area contributed by atoms with Crippen LogP contribution in [0, 0.1) is 5.82 Å². The highest BCUT2D eigenvalue weighted by Gasteiger charge is 2.21. The van der Waals surface area contributed by atoms with E-state index >= 15 is 0 Å². The molecule has 140 valence electrons. The molecule has 0 saturated heterocycles. The SMILES string of the molecule is COc1ccc(NC(=O)[C@@H](C)Sc2nnc(-c3ccccc3F)n2N)cc1. The Bertz CT molecular complexity index is 945. The predicted molar refractivity (Wildman–Crippen MR) is 103 cm³/mol. The lowest BCUT2D eigenvalue weighted by Gasteiger charge is -2.12. The number of rotatable bonds is 6. The highest BCUT2D eigenvalue weighted by atomic mass is 32.2. The van der Waals surface area contributed by atoms with Gasteiger partial charge < -0.3 is 15.9 Å². The van der Waals surface area contributed by atoms with Gasteiger partial charge in [-0.2, -0.15) is 0 Å². The molecule has 9 heteroatoms. The maximum absolute atomic E-state index is 13.9. The predicted octanol–water partition coefficient (Wildman–Crippen LogP) is 2.93. The Morgan fingerprint density at radius 1 is 1.22 bits per heavy atom. The number of benzene rings is 2. The quantitative estimate of drug-likeness (QED) is 0.499. The number of aromatic nitrogens is 3. The zero-order chi connectivity index (χ0) is 19.4. The summed E-state index contributed by atoms with van der Waals surface area (Å²) in [5.74, 6) is 6.22. The van der Waals surface area contributed by atoms with Gasteiger partial charge in [0.1, 0.15) is 11.6 Å². The smallest absolute Gasteiger partial charge is 0.237 e. The number of nitrogens with two attached hydrogens (primary N) is 1. The van der Waals surface area contributed by atoms with Crippen molar-refractivity contribution in [3.8, 4) is 17.1 Å². The van der Waals surface area contributed by atoms with E-state index in [9.17, 15) is 9.18 Å². The summed E-state index contributed by atoms with van der Waals surface area (Å²) < 4.78 is 20.2. The molecule has 0 aliphatic rings. The molecule has 0 spiro atoms. The molecule has 1 amide bonds. The van der Waals surface area contributed by atoms with Gasteiger partial charge in [0.15, 0.2) is 5.82 Å². The molecule has 1 atom stereocenters. The van der Waals surface area contributed by atoms with Crippen molar-refractivity contribution >= 4 is 23.4 Å². The lowest BCUT2D eigenvalue weighted by Crippen LogP contribution is -2.23. The number of hydrogen-bond acceptors (Lipinski definition) is 6. The summed E-state index contributed by atoms with van der Waals surface area (Å²) in [5.41, 5.74) is 0.893. The second-order valence-corrected chi connectivity index (χ2v) is 6.94. The molecule has 2 aromatic carbocycles. The van der Waals surface area contributed by atoms with Crippen molar-refractivity contribution in [2.45, 2.75) is 17.3 Å². The van der Waals surface area contributed by atoms with E-state index in [2.05, 4.69) is 15.5 Å². The Labute approximate surface area is 159 Å². The Morgan fingerprint density at radius 3 is 2.59 bits per heavy atom. The van der Waals surface area contributed by atoms with Crippen molar-refractivity contribution in [2.24, 2.45) is 0 Å². The van der Waals surface area contributed by atoms with Crippen LogP contribution in [0.5, 0.6) is 5.75 Å². The first-order valence-corrected chi connectivity index (χ1v) is 8.94. The lowest BCUT2D eigenvalue weighted by molar-refractivity contribution is -0.115. The molecule has 1 heterocycles. The molecule has 3 rings (SSSR count). The van der Waals surface area contributed by atoms with Gasteiger partial charge in [-0.05, 0) is 43.3 Å². The monoisotopic (exact) mass is 387 g/mol. The summed E-state index contributed by atoms with van der Waals surface area (Å²) in [6, 6.07) is 13.2. The Morgan fingerprint density at radius 2 is 1.93 bits per heavy atom. The van der Waals surface area contributed by atoms with E-state index in [0.717, 1.165) is 11.8 Å². The summed E-state index contributed by atoms with van der Waals surface area (Å²) >= 11 is 1.13. The van der Waals surface area contributed by atoms with Gasteiger partial charge in [-0.3, -0.25) is 4.79 Å². The minimum absolute atomic E-state index is 0.193. The molecule has 0 aliphatic heterocycles. The van der Waals surface area contributed by atoms with Gasteiger partial charge in [0, 0.05) is 5.69 Å². The maximum Gasteiger partial charge on any atom is 0.237 e. The van der Waals surface area contributed by atoms with Gasteiger partial charge in [-0.25, -0.2) is 9.07 Å². The molecule has 0 saturated carbocycles. The summed E-state index contributed by atoms with van der Waals surface area (Å²) in [6.07, 6.45) is 0. The molecular weight excluding hydrogens is 369 g/mol. The average Bonchev–Trinajstić information content (AvgIpc) is 3.03. The standard InChI is InChI=1S/C18H18FN5O2S/c1-11(17(25)21-12-7-9-13(26-2)10-8-12)27-18-23-22-16(24(18)20)14-5-3-4-6-15(14)19/h3-11H,20H2,1-2H3,(H,21,25)/t11-/m1/s1. The second-order valence-electron chi connectivity index (χ2n) is 5.63. The van der Waals surface area contributed by atoms with E-state index in [0.29, 0.717) is 16.6 Å². The normalized spacial score (nSPS) is 11.8. The number of amides is 1. The number of nitrogens with zero attached hydrogens (tertiary/aromatic N) is 3. The molecule has 1 aromatic heterocycles. The summed E-state index contributed by atoms with van der Waals surface area (Å²) in [7, 11) is 1.57. The first-order chi connectivity index (χ1) is 13.0. The van der Waals surface area contributed by atoms with Crippen LogP contribution in [0.2, 0.25) is 0 Å². The highest BCUT2D eigenvalue weighted by Crippen LogP contribution is 2.26. The van der Waals surface area contributed by atoms with Crippen LogP contribution in [0.25, 0.3) is 11.4 Å². The fraction of sp³-hybridized carbons (Fsp3) is 0.167. The minimum atomic E-state index is -0.493. The summed E-state index contributed by atoms with van der Waals surface area (Å²) in [5, 5.41) is 10.5.